The van der Waals surface area contributed by atoms with Crippen LogP contribution in [0.1, 0.15) is 41.0 Å². The number of pyridine rings is 1. The van der Waals surface area contributed by atoms with Gasteiger partial charge in [0, 0.05) is 12.0 Å². The lowest BCUT2D eigenvalue weighted by Gasteiger charge is -2.32. The minimum atomic E-state index is -0.704. The van der Waals surface area contributed by atoms with Gasteiger partial charge in [-0.15, -0.1) is 0 Å². The fourth-order valence-electron chi connectivity index (χ4n) is 1.95. The number of aromatic nitrogens is 1. The summed E-state index contributed by atoms with van der Waals surface area (Å²) in [6.45, 7) is 10.6. The molecule has 0 spiro atoms. The number of nitrogens with one attached hydrogen (secondary N) is 1. The van der Waals surface area contributed by atoms with Crippen molar-refractivity contribution in [3.63, 3.8) is 0 Å². The molecule has 20 heavy (non-hydrogen) atoms. The first kappa shape index (κ1) is 15.3. The second-order valence-electron chi connectivity index (χ2n) is 6.11. The Kier molecular flexibility index (Phi) is 4.07. The van der Waals surface area contributed by atoms with Crippen LogP contribution in [0.5, 0.6) is 0 Å². The van der Waals surface area contributed by atoms with Crippen molar-refractivity contribution in [3.05, 3.63) is 18.1 Å². The quantitative estimate of drug-likeness (QED) is 0.860. The molecule has 0 aromatic carbocycles. The molecule has 2 heterocycles. The zero-order valence-electron chi connectivity index (χ0n) is 12.8. The van der Waals surface area contributed by atoms with E-state index in [1.165, 1.54) is 6.20 Å². The molecule has 0 atom stereocenters. The van der Waals surface area contributed by atoms with Gasteiger partial charge in [0.1, 0.15) is 11.6 Å². The lowest BCUT2D eigenvalue weighted by molar-refractivity contribution is 0.00578. The Morgan fingerprint density at radius 1 is 1.25 bits per heavy atom. The molecule has 0 unspecified atom stereocenters. The maximum Gasteiger partial charge on any atom is 0.498 e. The van der Waals surface area contributed by atoms with E-state index in [4.69, 9.17) is 9.31 Å². The number of hydrogen-bond acceptors (Lipinski definition) is 4. The molecule has 4 nitrogen and oxygen atoms in total. The summed E-state index contributed by atoms with van der Waals surface area (Å²) in [4.78, 5) is 4.02. The Morgan fingerprint density at radius 2 is 1.85 bits per heavy atom. The van der Waals surface area contributed by atoms with Crippen LogP contribution in [-0.4, -0.2) is 29.8 Å². The Morgan fingerprint density at radius 3 is 2.40 bits per heavy atom. The van der Waals surface area contributed by atoms with Crippen LogP contribution in [0.15, 0.2) is 12.3 Å². The zero-order valence-corrected chi connectivity index (χ0v) is 12.8. The van der Waals surface area contributed by atoms with Gasteiger partial charge in [0.2, 0.25) is 0 Å². The average Bonchev–Trinajstić information content (AvgIpc) is 2.57. The molecule has 1 fully saturated rings. The van der Waals surface area contributed by atoms with Crippen LogP contribution < -0.4 is 10.8 Å². The minimum Gasteiger partial charge on any atom is -0.399 e. The number of halogens is 1. The summed E-state index contributed by atoms with van der Waals surface area (Å²) < 4.78 is 25.7. The Labute approximate surface area is 120 Å². The standard InChI is InChI=1S/C14H22BFN2O2/c1-6-7-17-12-8-10(11(16)9-18-12)15-19-13(2,3)14(4,5)20-15/h8-9H,6-7H2,1-5H3,(H,17,18). The average molecular weight is 280 g/mol. The predicted octanol–water partition coefficient (Wildman–Crippen LogP) is 2.34. The van der Waals surface area contributed by atoms with E-state index < -0.39 is 24.1 Å². The van der Waals surface area contributed by atoms with Crippen molar-refractivity contribution in [2.75, 3.05) is 11.9 Å². The third kappa shape index (κ3) is 2.81. The third-order valence-electron chi connectivity index (χ3n) is 3.95. The van der Waals surface area contributed by atoms with Gasteiger partial charge in [-0.1, -0.05) is 6.92 Å². The number of rotatable bonds is 4. The molecule has 0 saturated carbocycles. The van der Waals surface area contributed by atoms with E-state index in [0.29, 0.717) is 11.3 Å². The molecule has 1 aromatic heterocycles. The van der Waals surface area contributed by atoms with Crippen molar-refractivity contribution >= 4 is 18.4 Å². The fourth-order valence-corrected chi connectivity index (χ4v) is 1.95. The van der Waals surface area contributed by atoms with Crippen LogP contribution in [0.2, 0.25) is 0 Å². The van der Waals surface area contributed by atoms with E-state index in [9.17, 15) is 4.39 Å². The van der Waals surface area contributed by atoms with E-state index in [-0.39, 0.29) is 0 Å². The van der Waals surface area contributed by atoms with E-state index in [1.807, 2.05) is 27.7 Å². The van der Waals surface area contributed by atoms with E-state index >= 15 is 0 Å². The number of hydrogen-bond donors (Lipinski definition) is 1. The molecular formula is C14H22BFN2O2. The fraction of sp³-hybridized carbons (Fsp3) is 0.643. The van der Waals surface area contributed by atoms with Gasteiger partial charge in [-0.25, -0.2) is 9.37 Å². The molecule has 1 aliphatic heterocycles. The highest BCUT2D eigenvalue weighted by Crippen LogP contribution is 2.36. The van der Waals surface area contributed by atoms with Gasteiger partial charge in [0.05, 0.1) is 17.4 Å². The summed E-state index contributed by atoms with van der Waals surface area (Å²) in [6, 6.07) is 1.66. The molecule has 0 amide bonds. The molecular weight excluding hydrogens is 258 g/mol. The van der Waals surface area contributed by atoms with Crippen LogP contribution in [0.3, 0.4) is 0 Å². The van der Waals surface area contributed by atoms with Gasteiger partial charge in [-0.2, -0.15) is 0 Å². The lowest BCUT2D eigenvalue weighted by Crippen LogP contribution is -2.41. The first-order valence-electron chi connectivity index (χ1n) is 7.02. The van der Waals surface area contributed by atoms with Gasteiger partial charge in [-0.05, 0) is 40.2 Å². The molecule has 2 rings (SSSR count). The highest BCUT2D eigenvalue weighted by atomic mass is 19.1. The first-order chi connectivity index (χ1) is 9.27. The highest BCUT2D eigenvalue weighted by Gasteiger charge is 2.52. The molecule has 110 valence electrons. The van der Waals surface area contributed by atoms with Crippen LogP contribution in [-0.2, 0) is 9.31 Å². The van der Waals surface area contributed by atoms with E-state index in [1.54, 1.807) is 6.07 Å². The summed E-state index contributed by atoms with van der Waals surface area (Å²) in [5.74, 6) is 0.225. The number of nitrogens with zero attached hydrogens (tertiary/aromatic N) is 1. The van der Waals surface area contributed by atoms with Crippen molar-refractivity contribution in [3.8, 4) is 0 Å². The summed E-state index contributed by atoms with van der Waals surface area (Å²) in [5.41, 5.74) is -0.577. The van der Waals surface area contributed by atoms with E-state index in [0.717, 1.165) is 13.0 Å². The van der Waals surface area contributed by atoms with Crippen molar-refractivity contribution in [1.29, 1.82) is 0 Å². The van der Waals surface area contributed by atoms with E-state index in [2.05, 4.69) is 17.2 Å². The first-order valence-corrected chi connectivity index (χ1v) is 7.02. The predicted molar refractivity (Wildman–Crippen MR) is 78.7 cm³/mol. The smallest absolute Gasteiger partial charge is 0.399 e. The van der Waals surface area contributed by atoms with Gasteiger partial charge in [0.25, 0.3) is 0 Å². The summed E-state index contributed by atoms with van der Waals surface area (Å²) in [5, 5.41) is 3.14. The molecule has 0 radical (unpaired) electrons. The molecule has 0 bridgehead atoms. The normalized spacial score (nSPS) is 20.2. The maximum absolute atomic E-state index is 14.0. The maximum atomic E-state index is 14.0. The zero-order chi connectivity index (χ0) is 15.0. The highest BCUT2D eigenvalue weighted by molar-refractivity contribution is 6.62. The van der Waals surface area contributed by atoms with Gasteiger partial charge in [-0.3, -0.25) is 0 Å². The second kappa shape index (κ2) is 5.33. The second-order valence-corrected chi connectivity index (χ2v) is 6.11. The van der Waals surface area contributed by atoms with Crippen molar-refractivity contribution in [1.82, 2.24) is 4.98 Å². The van der Waals surface area contributed by atoms with Crippen LogP contribution in [0, 0.1) is 5.82 Å². The molecule has 6 heteroatoms. The lowest BCUT2D eigenvalue weighted by atomic mass is 9.79. The van der Waals surface area contributed by atoms with Crippen LogP contribution in [0.25, 0.3) is 0 Å². The Hall–Kier alpha value is -1.14. The molecule has 0 aliphatic carbocycles. The third-order valence-corrected chi connectivity index (χ3v) is 3.95. The molecule has 1 saturated heterocycles. The van der Waals surface area contributed by atoms with Gasteiger partial charge >= 0.3 is 7.12 Å². The van der Waals surface area contributed by atoms with Crippen LogP contribution in [0.4, 0.5) is 10.2 Å². The summed E-state index contributed by atoms with van der Waals surface area (Å²) in [7, 11) is -0.704. The van der Waals surface area contributed by atoms with Crippen LogP contribution >= 0.6 is 0 Å². The minimum absolute atomic E-state index is 0.386. The Balaban J connectivity index is 2.25. The molecule has 1 aromatic rings. The molecule has 1 aliphatic rings. The molecule has 1 N–H and O–H groups in total. The van der Waals surface area contributed by atoms with Crippen molar-refractivity contribution < 1.29 is 13.7 Å². The SMILES string of the molecule is CCCNc1cc(B2OC(C)(C)C(C)(C)O2)c(F)cn1. The summed E-state index contributed by atoms with van der Waals surface area (Å²) >= 11 is 0. The van der Waals surface area contributed by atoms with Crippen molar-refractivity contribution in [2.45, 2.75) is 52.2 Å². The number of anilines is 1. The Bertz CT molecular complexity index is 478. The van der Waals surface area contributed by atoms with Crippen molar-refractivity contribution in [2.24, 2.45) is 0 Å². The topological polar surface area (TPSA) is 43.4 Å². The monoisotopic (exact) mass is 280 g/mol. The van der Waals surface area contributed by atoms with Gasteiger partial charge in [0.15, 0.2) is 0 Å². The summed E-state index contributed by atoms with van der Waals surface area (Å²) in [6.07, 6.45) is 2.18. The largest absolute Gasteiger partial charge is 0.498 e. The van der Waals surface area contributed by atoms with Gasteiger partial charge < -0.3 is 14.6 Å².